The van der Waals surface area contributed by atoms with Crippen molar-refractivity contribution in [1.82, 2.24) is 9.55 Å². The van der Waals surface area contributed by atoms with Crippen LogP contribution in [0.25, 0.3) is 0 Å². The van der Waals surface area contributed by atoms with E-state index in [9.17, 15) is 9.59 Å². The molecule has 2 aliphatic heterocycles. The molecule has 0 bridgehead atoms. The Balaban J connectivity index is 2.04. The number of aliphatic hydroxyl groups excluding tert-OH is 1. The first-order chi connectivity index (χ1) is 17.7. The third kappa shape index (κ3) is 6.38. The molecule has 0 radical (unpaired) electrons. The van der Waals surface area contributed by atoms with Gasteiger partial charge in [0.05, 0.1) is 12.7 Å². The third-order valence-electron chi connectivity index (χ3n) is 7.87. The molecule has 0 aromatic carbocycles. The zero-order valence-electron chi connectivity index (χ0n) is 23.2. The number of H-pyrrole nitrogens is 1. The van der Waals surface area contributed by atoms with Crippen LogP contribution in [0.5, 0.6) is 0 Å². The fourth-order valence-corrected chi connectivity index (χ4v) is 16.2. The summed E-state index contributed by atoms with van der Waals surface area (Å²) in [5.74, 6) is 5.08. The second-order valence-corrected chi connectivity index (χ2v) is 17.9. The molecule has 2 N–H and O–H groups in total. The van der Waals surface area contributed by atoms with Gasteiger partial charge in [0.1, 0.15) is 24.5 Å². The number of rotatable bonds is 9. The van der Waals surface area contributed by atoms with Crippen molar-refractivity contribution in [3.8, 4) is 11.8 Å². The molecular formula is C26H44N2O7Si2. The van der Waals surface area contributed by atoms with Crippen molar-refractivity contribution >= 4 is 17.1 Å². The Hall–Kier alpha value is -1.53. The monoisotopic (exact) mass is 552 g/mol. The maximum atomic E-state index is 12.7. The molecule has 7 unspecified atom stereocenters. The largest absolute Gasteiger partial charge is 0.414 e. The summed E-state index contributed by atoms with van der Waals surface area (Å²) in [6.45, 7) is 13.2. The van der Waals surface area contributed by atoms with Crippen LogP contribution in [0.2, 0.25) is 23.2 Å². The Kier molecular flexibility index (Phi) is 10.6. The molecule has 1 aromatic heterocycles. The molecule has 3 rings (SSSR count). The highest BCUT2D eigenvalue weighted by atomic mass is 28.5. The van der Waals surface area contributed by atoms with Gasteiger partial charge in [-0.15, -0.1) is 0 Å². The van der Waals surface area contributed by atoms with Crippen molar-refractivity contribution in [2.75, 3.05) is 13.2 Å². The van der Waals surface area contributed by atoms with Gasteiger partial charge in [-0.3, -0.25) is 14.3 Å². The van der Waals surface area contributed by atoms with Crippen LogP contribution < -0.4 is 11.2 Å². The van der Waals surface area contributed by atoms with Gasteiger partial charge in [0, 0.05) is 12.6 Å². The predicted octanol–water partition coefficient (Wildman–Crippen LogP) is 3.90. The number of hydrogen-bond donors (Lipinski definition) is 2. The quantitative estimate of drug-likeness (QED) is 0.353. The Morgan fingerprint density at radius 2 is 1.73 bits per heavy atom. The summed E-state index contributed by atoms with van der Waals surface area (Å²) in [7, 11) is -5.35. The topological polar surface area (TPSA) is 112 Å². The predicted molar refractivity (Wildman–Crippen MR) is 147 cm³/mol. The van der Waals surface area contributed by atoms with Crippen LogP contribution >= 0.6 is 0 Å². The fourth-order valence-electron chi connectivity index (χ4n) is 5.40. The minimum absolute atomic E-state index is 0.0996. The van der Waals surface area contributed by atoms with Gasteiger partial charge in [0.15, 0.2) is 0 Å². The number of nitrogens with zero attached hydrogens (tertiary/aromatic N) is 1. The van der Waals surface area contributed by atoms with Gasteiger partial charge < -0.3 is 22.8 Å². The van der Waals surface area contributed by atoms with Gasteiger partial charge in [-0.1, -0.05) is 79.1 Å². The lowest BCUT2D eigenvalue weighted by atomic mass is 10.2. The van der Waals surface area contributed by atoms with Crippen LogP contribution in [0.4, 0.5) is 0 Å². The number of fused-ring (bicyclic) bond motifs is 1. The van der Waals surface area contributed by atoms with E-state index in [1.54, 1.807) is 0 Å². The molecule has 208 valence electrons. The van der Waals surface area contributed by atoms with Gasteiger partial charge >= 0.3 is 22.8 Å². The molecule has 2 saturated heterocycles. The van der Waals surface area contributed by atoms with Crippen molar-refractivity contribution in [2.45, 2.75) is 115 Å². The van der Waals surface area contributed by atoms with E-state index in [0.717, 1.165) is 37.8 Å². The van der Waals surface area contributed by atoms with E-state index >= 15 is 0 Å². The minimum Gasteiger partial charge on any atom is -0.414 e. The Bertz CT molecular complexity index is 1080. The molecule has 1 aromatic rings. The molecule has 0 saturated carbocycles. The second-order valence-electron chi connectivity index (χ2n) is 10.3. The first-order valence-electron chi connectivity index (χ1n) is 13.8. The van der Waals surface area contributed by atoms with Crippen molar-refractivity contribution in [3.63, 3.8) is 0 Å². The molecule has 0 spiro atoms. The van der Waals surface area contributed by atoms with Gasteiger partial charge in [-0.05, 0) is 23.2 Å². The van der Waals surface area contributed by atoms with Gasteiger partial charge in [0.2, 0.25) is 0 Å². The fraction of sp³-hybridized carbons (Fsp3) is 0.769. The molecule has 2 aliphatic rings. The van der Waals surface area contributed by atoms with Crippen molar-refractivity contribution in [3.05, 3.63) is 32.6 Å². The molecule has 0 amide bonds. The van der Waals surface area contributed by atoms with Crippen molar-refractivity contribution in [2.24, 2.45) is 0 Å². The van der Waals surface area contributed by atoms with E-state index < -0.39 is 34.6 Å². The molecular weight excluding hydrogens is 508 g/mol. The van der Waals surface area contributed by atoms with Crippen molar-refractivity contribution in [1.29, 1.82) is 0 Å². The maximum Gasteiger partial charge on any atom is 0.332 e. The SMILES string of the molecule is CCC[Si]1(C(C)CC)OCC2OC(n3cc(C#CCO)c(=O)[nH]c3=O)CC2O[Si](CCC)(C(C)CC)O1. The highest BCUT2D eigenvalue weighted by Gasteiger charge is 2.57. The van der Waals surface area contributed by atoms with Crippen LogP contribution in [0.1, 0.15) is 85.4 Å². The number of nitrogens with one attached hydrogen (secondary N) is 1. The summed E-state index contributed by atoms with van der Waals surface area (Å²) in [6.07, 6.45) is 4.46. The summed E-state index contributed by atoms with van der Waals surface area (Å²) >= 11 is 0. The van der Waals surface area contributed by atoms with Crippen LogP contribution in [0.3, 0.4) is 0 Å². The highest BCUT2D eigenvalue weighted by molar-refractivity contribution is 6.82. The lowest BCUT2D eigenvalue weighted by molar-refractivity contribution is -0.0556. The smallest absolute Gasteiger partial charge is 0.332 e. The molecule has 7 atom stereocenters. The summed E-state index contributed by atoms with van der Waals surface area (Å²) < 4.78 is 29.1. The highest BCUT2D eigenvalue weighted by Crippen LogP contribution is 2.46. The number of aromatic amines is 1. The van der Waals surface area contributed by atoms with Crippen molar-refractivity contribution < 1.29 is 22.8 Å². The first kappa shape index (κ1) is 30.0. The standard InChI is InChI=1S/C26H44N2O7Si2/c1-7-14-36(19(5)9-3)32-18-23-22(34-37(35-36,15-8-2)20(6)10-4)16-24(33-23)28-17-21(12-11-13-29)25(30)27-26(28)31/h17,19-20,22-24,29H,7-10,13-16,18H2,1-6H3,(H,27,30,31). The van der Waals surface area contributed by atoms with Gasteiger partial charge in [-0.25, -0.2) is 4.79 Å². The summed E-state index contributed by atoms with van der Waals surface area (Å²) in [4.78, 5) is 27.3. The van der Waals surface area contributed by atoms with E-state index in [0.29, 0.717) is 18.6 Å². The molecule has 0 aliphatic carbocycles. The van der Waals surface area contributed by atoms with Gasteiger partial charge in [0.25, 0.3) is 5.56 Å². The molecule has 2 fully saturated rings. The molecule has 11 heteroatoms. The average Bonchev–Trinajstić information content (AvgIpc) is 3.26. The molecule has 9 nitrogen and oxygen atoms in total. The van der Waals surface area contributed by atoms with Crippen LogP contribution in [-0.4, -0.2) is 57.2 Å². The first-order valence-corrected chi connectivity index (χ1v) is 18.0. The zero-order chi connectivity index (χ0) is 27.2. The van der Waals surface area contributed by atoms with E-state index in [4.69, 9.17) is 22.8 Å². The Morgan fingerprint density at radius 1 is 1.08 bits per heavy atom. The number of aromatic nitrogens is 2. The summed E-state index contributed by atoms with van der Waals surface area (Å²) in [5.41, 5.74) is -0.467. The summed E-state index contributed by atoms with van der Waals surface area (Å²) in [5, 5.41) is 9.03. The summed E-state index contributed by atoms with van der Waals surface area (Å²) in [6, 6.07) is 1.79. The second kappa shape index (κ2) is 13.0. The van der Waals surface area contributed by atoms with E-state index in [1.165, 1.54) is 10.8 Å². The van der Waals surface area contributed by atoms with Crippen LogP contribution in [0, 0.1) is 11.8 Å². The van der Waals surface area contributed by atoms with Crippen LogP contribution in [0.15, 0.2) is 15.8 Å². The van der Waals surface area contributed by atoms with E-state index in [1.807, 2.05) is 0 Å². The minimum atomic E-state index is -2.73. The Labute approximate surface area is 222 Å². The lowest BCUT2D eigenvalue weighted by Gasteiger charge is -2.49. The third-order valence-corrected chi connectivity index (χ3v) is 18.2. The number of aliphatic hydroxyl groups is 1. The molecule has 3 heterocycles. The van der Waals surface area contributed by atoms with E-state index in [2.05, 4.69) is 58.4 Å². The number of hydrogen-bond acceptors (Lipinski definition) is 7. The van der Waals surface area contributed by atoms with Crippen LogP contribution in [-0.2, 0) is 17.7 Å². The maximum absolute atomic E-state index is 12.7. The Morgan fingerprint density at radius 3 is 2.35 bits per heavy atom. The number of ether oxygens (including phenoxy) is 1. The lowest BCUT2D eigenvalue weighted by Crippen LogP contribution is -2.63. The normalized spacial score (nSPS) is 31.5. The van der Waals surface area contributed by atoms with E-state index in [-0.39, 0.29) is 29.9 Å². The molecule has 37 heavy (non-hydrogen) atoms. The zero-order valence-corrected chi connectivity index (χ0v) is 25.2. The van der Waals surface area contributed by atoms with Gasteiger partial charge in [-0.2, -0.15) is 0 Å². The average molecular weight is 553 g/mol.